The molecule has 3 N–H and O–H groups in total. The molecule has 1 aromatic carbocycles. The highest BCUT2D eigenvalue weighted by Gasteiger charge is 2.20. The molecule has 1 aliphatic rings. The molecule has 1 aliphatic heterocycles. The van der Waals surface area contributed by atoms with Gasteiger partial charge >= 0.3 is 0 Å². The molecule has 0 radical (unpaired) electrons. The minimum Gasteiger partial charge on any atom is -0.392 e. The highest BCUT2D eigenvalue weighted by Crippen LogP contribution is 2.13. The second-order valence-corrected chi connectivity index (χ2v) is 4.83. The molecular weight excluding hydrogens is 283 g/mol. The summed E-state index contributed by atoms with van der Waals surface area (Å²) in [7, 11) is 0. The summed E-state index contributed by atoms with van der Waals surface area (Å²) in [4.78, 5) is 11.9. The number of aliphatic hydroxyl groups is 1. The van der Waals surface area contributed by atoms with Crippen molar-refractivity contribution in [2.45, 2.75) is 26.0 Å². The largest absolute Gasteiger partial charge is 0.392 e. The molecule has 2 rings (SSSR count). The molecule has 0 atom stereocenters. The van der Waals surface area contributed by atoms with Crippen molar-refractivity contribution < 1.29 is 14.3 Å². The Hall–Kier alpha value is -1.17. The number of hydrogen-bond acceptors (Lipinski definition) is 3. The third kappa shape index (κ3) is 4.44. The van der Waals surface area contributed by atoms with Crippen LogP contribution >= 0.6 is 12.4 Å². The number of aliphatic hydroxyl groups excluding tert-OH is 1. The fourth-order valence-electron chi connectivity index (χ4n) is 2.25. The summed E-state index contributed by atoms with van der Waals surface area (Å²) in [6, 6.07) is 4.62. The third-order valence-corrected chi connectivity index (χ3v) is 3.46. The van der Waals surface area contributed by atoms with Gasteiger partial charge in [0.2, 0.25) is 5.91 Å². The molecule has 0 saturated carbocycles. The molecule has 4 nitrogen and oxygen atoms in total. The first kappa shape index (κ1) is 16.9. The van der Waals surface area contributed by atoms with Crippen LogP contribution in [0.2, 0.25) is 0 Å². The Morgan fingerprint density at radius 3 is 2.70 bits per heavy atom. The standard InChI is InChI=1S/C14H19FN2O2.ClH/c15-13-7-10(1-2-12(13)9-18)8-17-14(19)11-3-5-16-6-4-11;/h1-2,7,11,16,18H,3-6,8-9H2,(H,17,19);1H. The van der Waals surface area contributed by atoms with Crippen LogP contribution in [0.15, 0.2) is 18.2 Å². The van der Waals surface area contributed by atoms with E-state index in [1.54, 1.807) is 12.1 Å². The van der Waals surface area contributed by atoms with Crippen LogP contribution in [0.4, 0.5) is 4.39 Å². The molecule has 1 fully saturated rings. The molecule has 6 heteroatoms. The van der Waals surface area contributed by atoms with Crippen molar-refractivity contribution in [3.05, 3.63) is 35.1 Å². The lowest BCUT2D eigenvalue weighted by Gasteiger charge is -2.21. The van der Waals surface area contributed by atoms with Gasteiger partial charge in [-0.25, -0.2) is 4.39 Å². The van der Waals surface area contributed by atoms with Gasteiger partial charge < -0.3 is 15.7 Å². The summed E-state index contributed by atoms with van der Waals surface area (Å²) >= 11 is 0. The second kappa shape index (κ2) is 8.19. The molecule has 0 aromatic heterocycles. The molecule has 1 aromatic rings. The Balaban J connectivity index is 0.00000200. The normalized spacial score (nSPS) is 15.5. The zero-order valence-electron chi connectivity index (χ0n) is 11.2. The SMILES string of the molecule is Cl.O=C(NCc1ccc(CO)c(F)c1)C1CCNCC1. The molecule has 1 heterocycles. The van der Waals surface area contributed by atoms with Gasteiger partial charge in [-0.1, -0.05) is 12.1 Å². The summed E-state index contributed by atoms with van der Waals surface area (Å²) in [5.74, 6) is -0.341. The molecule has 20 heavy (non-hydrogen) atoms. The Bertz CT molecular complexity index is 451. The zero-order valence-corrected chi connectivity index (χ0v) is 12.0. The summed E-state index contributed by atoms with van der Waals surface area (Å²) in [6.45, 7) is 1.76. The van der Waals surface area contributed by atoms with Crippen molar-refractivity contribution in [1.82, 2.24) is 10.6 Å². The van der Waals surface area contributed by atoms with E-state index < -0.39 is 5.82 Å². The lowest BCUT2D eigenvalue weighted by Crippen LogP contribution is -2.37. The van der Waals surface area contributed by atoms with E-state index >= 15 is 0 Å². The molecule has 0 bridgehead atoms. The van der Waals surface area contributed by atoms with Crippen LogP contribution in [0.25, 0.3) is 0 Å². The van der Waals surface area contributed by atoms with E-state index in [-0.39, 0.29) is 36.4 Å². The van der Waals surface area contributed by atoms with Crippen LogP contribution < -0.4 is 10.6 Å². The molecule has 0 unspecified atom stereocenters. The molecule has 0 aliphatic carbocycles. The van der Waals surface area contributed by atoms with Crippen LogP contribution in [0.1, 0.15) is 24.0 Å². The number of carbonyl (C=O) groups is 1. The molecule has 1 amide bonds. The lowest BCUT2D eigenvalue weighted by molar-refractivity contribution is -0.125. The maximum atomic E-state index is 13.4. The van der Waals surface area contributed by atoms with Gasteiger partial charge in [0.15, 0.2) is 0 Å². The van der Waals surface area contributed by atoms with Gasteiger partial charge in [-0.05, 0) is 37.6 Å². The average Bonchev–Trinajstić information content (AvgIpc) is 2.46. The molecule has 1 saturated heterocycles. The number of nitrogens with one attached hydrogen (secondary N) is 2. The van der Waals surface area contributed by atoms with Gasteiger partial charge in [-0.15, -0.1) is 12.4 Å². The van der Waals surface area contributed by atoms with E-state index in [9.17, 15) is 9.18 Å². The predicted molar refractivity (Wildman–Crippen MR) is 77.0 cm³/mol. The van der Waals surface area contributed by atoms with Crippen LogP contribution in [0.5, 0.6) is 0 Å². The van der Waals surface area contributed by atoms with E-state index in [1.165, 1.54) is 6.07 Å². The van der Waals surface area contributed by atoms with E-state index in [0.29, 0.717) is 12.1 Å². The van der Waals surface area contributed by atoms with Gasteiger partial charge in [-0.3, -0.25) is 4.79 Å². The maximum Gasteiger partial charge on any atom is 0.223 e. The number of carbonyl (C=O) groups excluding carboxylic acids is 1. The van der Waals surface area contributed by atoms with Crippen LogP contribution in [0.3, 0.4) is 0 Å². The zero-order chi connectivity index (χ0) is 13.7. The van der Waals surface area contributed by atoms with Gasteiger partial charge in [0.1, 0.15) is 5.82 Å². The monoisotopic (exact) mass is 302 g/mol. The minimum absolute atomic E-state index is 0. The fraction of sp³-hybridized carbons (Fsp3) is 0.500. The quantitative estimate of drug-likeness (QED) is 0.787. The highest BCUT2D eigenvalue weighted by molar-refractivity contribution is 5.85. The van der Waals surface area contributed by atoms with E-state index in [4.69, 9.17) is 5.11 Å². The van der Waals surface area contributed by atoms with Gasteiger partial charge in [0.25, 0.3) is 0 Å². The Labute approximate surface area is 124 Å². The van der Waals surface area contributed by atoms with Crippen LogP contribution in [-0.2, 0) is 17.9 Å². The van der Waals surface area contributed by atoms with E-state index in [1.807, 2.05) is 0 Å². The molecule has 0 spiro atoms. The Morgan fingerprint density at radius 1 is 1.40 bits per heavy atom. The smallest absolute Gasteiger partial charge is 0.223 e. The third-order valence-electron chi connectivity index (χ3n) is 3.46. The fourth-order valence-corrected chi connectivity index (χ4v) is 2.25. The number of halogens is 2. The van der Waals surface area contributed by atoms with E-state index in [0.717, 1.165) is 25.9 Å². The Morgan fingerprint density at radius 2 is 2.10 bits per heavy atom. The van der Waals surface area contributed by atoms with Crippen molar-refractivity contribution in [3.8, 4) is 0 Å². The van der Waals surface area contributed by atoms with Crippen molar-refractivity contribution >= 4 is 18.3 Å². The molecule has 112 valence electrons. The summed E-state index contributed by atoms with van der Waals surface area (Å²) in [6.07, 6.45) is 1.70. The second-order valence-electron chi connectivity index (χ2n) is 4.83. The number of piperidine rings is 1. The molecular formula is C14H20ClFN2O2. The first-order valence-electron chi connectivity index (χ1n) is 6.57. The first-order chi connectivity index (χ1) is 9.20. The average molecular weight is 303 g/mol. The lowest BCUT2D eigenvalue weighted by atomic mass is 9.97. The van der Waals surface area contributed by atoms with Crippen molar-refractivity contribution in [1.29, 1.82) is 0 Å². The minimum atomic E-state index is -0.434. The van der Waals surface area contributed by atoms with Crippen LogP contribution in [0, 0.1) is 11.7 Å². The van der Waals surface area contributed by atoms with Gasteiger partial charge in [0.05, 0.1) is 6.61 Å². The number of rotatable bonds is 4. The first-order valence-corrected chi connectivity index (χ1v) is 6.57. The summed E-state index contributed by atoms with van der Waals surface area (Å²) in [5, 5.41) is 14.9. The van der Waals surface area contributed by atoms with Crippen molar-refractivity contribution in [2.24, 2.45) is 5.92 Å². The highest BCUT2D eigenvalue weighted by atomic mass is 35.5. The van der Waals surface area contributed by atoms with Crippen molar-refractivity contribution in [3.63, 3.8) is 0 Å². The topological polar surface area (TPSA) is 61.4 Å². The predicted octanol–water partition coefficient (Wildman–Crippen LogP) is 1.36. The van der Waals surface area contributed by atoms with Crippen molar-refractivity contribution in [2.75, 3.05) is 13.1 Å². The number of amides is 1. The Kier molecular flexibility index (Phi) is 6.91. The maximum absolute atomic E-state index is 13.4. The number of benzene rings is 1. The van der Waals surface area contributed by atoms with Gasteiger partial charge in [0, 0.05) is 18.0 Å². The van der Waals surface area contributed by atoms with E-state index in [2.05, 4.69) is 10.6 Å². The summed E-state index contributed by atoms with van der Waals surface area (Å²) < 4.78 is 13.4. The summed E-state index contributed by atoms with van der Waals surface area (Å²) in [5.41, 5.74) is 0.977. The number of hydrogen-bond donors (Lipinski definition) is 3. The van der Waals surface area contributed by atoms with Gasteiger partial charge in [-0.2, -0.15) is 0 Å². The van der Waals surface area contributed by atoms with Crippen LogP contribution in [-0.4, -0.2) is 24.1 Å².